The maximum atomic E-state index is 12.4. The Bertz CT molecular complexity index is 389. The topological polar surface area (TPSA) is 20.3 Å². The van der Waals surface area contributed by atoms with Crippen LogP contribution in [0.1, 0.15) is 35.7 Å². The highest BCUT2D eigenvalue weighted by atomic mass is 79.9. The Labute approximate surface area is 122 Å². The molecule has 0 aliphatic carbocycles. The molecule has 0 aromatic heterocycles. The molecule has 0 N–H and O–H groups in total. The second kappa shape index (κ2) is 7.80. The first-order chi connectivity index (χ1) is 8.58. The van der Waals surface area contributed by atoms with Crippen LogP contribution in [0.15, 0.2) is 22.7 Å². The first-order valence-corrected chi connectivity index (χ1v) is 7.53. The SMILES string of the molecule is CCCCN(CCCl)C(=O)c1cc(C)cc(Br)c1. The Morgan fingerprint density at radius 3 is 2.61 bits per heavy atom. The van der Waals surface area contributed by atoms with Gasteiger partial charge in [-0.1, -0.05) is 29.3 Å². The molecule has 0 atom stereocenters. The van der Waals surface area contributed by atoms with E-state index in [0.717, 1.165) is 35.0 Å². The zero-order chi connectivity index (χ0) is 13.5. The average molecular weight is 333 g/mol. The van der Waals surface area contributed by atoms with Crippen molar-refractivity contribution in [3.05, 3.63) is 33.8 Å². The van der Waals surface area contributed by atoms with Crippen LogP contribution in [0.3, 0.4) is 0 Å². The van der Waals surface area contributed by atoms with E-state index in [1.54, 1.807) is 0 Å². The predicted molar refractivity (Wildman–Crippen MR) is 80.4 cm³/mol. The fourth-order valence-corrected chi connectivity index (χ4v) is 2.62. The number of hydrogen-bond donors (Lipinski definition) is 0. The molecule has 0 fully saturated rings. The lowest BCUT2D eigenvalue weighted by Crippen LogP contribution is -2.33. The zero-order valence-corrected chi connectivity index (χ0v) is 13.2. The van der Waals surface area contributed by atoms with Crippen molar-refractivity contribution in [1.29, 1.82) is 0 Å². The fourth-order valence-electron chi connectivity index (χ4n) is 1.81. The van der Waals surface area contributed by atoms with Crippen LogP contribution in [-0.2, 0) is 0 Å². The van der Waals surface area contributed by atoms with Gasteiger partial charge >= 0.3 is 0 Å². The van der Waals surface area contributed by atoms with E-state index in [1.165, 1.54) is 0 Å². The van der Waals surface area contributed by atoms with Crippen molar-refractivity contribution in [3.8, 4) is 0 Å². The third-order valence-corrected chi connectivity index (χ3v) is 3.34. The molecule has 4 heteroatoms. The van der Waals surface area contributed by atoms with E-state index < -0.39 is 0 Å². The summed E-state index contributed by atoms with van der Waals surface area (Å²) in [7, 11) is 0. The van der Waals surface area contributed by atoms with Crippen molar-refractivity contribution < 1.29 is 4.79 Å². The van der Waals surface area contributed by atoms with Crippen molar-refractivity contribution in [1.82, 2.24) is 4.90 Å². The molecule has 1 aromatic rings. The second-order valence-corrected chi connectivity index (χ2v) is 5.65. The van der Waals surface area contributed by atoms with Crippen molar-refractivity contribution in [2.75, 3.05) is 19.0 Å². The Balaban J connectivity index is 2.86. The van der Waals surface area contributed by atoms with Gasteiger partial charge in [0.1, 0.15) is 0 Å². The molecule has 0 bridgehead atoms. The van der Waals surface area contributed by atoms with Crippen LogP contribution in [0.4, 0.5) is 0 Å². The summed E-state index contributed by atoms with van der Waals surface area (Å²) in [5.41, 5.74) is 1.80. The summed E-state index contributed by atoms with van der Waals surface area (Å²) in [6.45, 7) is 5.48. The molecular formula is C14H19BrClNO. The van der Waals surface area contributed by atoms with Gasteiger partial charge in [0.15, 0.2) is 0 Å². The van der Waals surface area contributed by atoms with Crippen LogP contribution in [0.25, 0.3) is 0 Å². The quantitative estimate of drug-likeness (QED) is 0.714. The monoisotopic (exact) mass is 331 g/mol. The molecule has 0 spiro atoms. The van der Waals surface area contributed by atoms with E-state index in [0.29, 0.717) is 12.4 Å². The summed E-state index contributed by atoms with van der Waals surface area (Å²) in [6, 6.07) is 5.78. The molecule has 0 aliphatic rings. The number of nitrogens with zero attached hydrogens (tertiary/aromatic N) is 1. The molecular weight excluding hydrogens is 314 g/mol. The highest BCUT2D eigenvalue weighted by Gasteiger charge is 2.15. The van der Waals surface area contributed by atoms with Crippen molar-refractivity contribution >= 4 is 33.4 Å². The van der Waals surface area contributed by atoms with Crippen LogP contribution in [-0.4, -0.2) is 29.8 Å². The Kier molecular flexibility index (Phi) is 6.72. The van der Waals surface area contributed by atoms with Gasteiger partial charge in [-0.15, -0.1) is 11.6 Å². The third kappa shape index (κ3) is 4.62. The highest BCUT2D eigenvalue weighted by molar-refractivity contribution is 9.10. The number of carbonyl (C=O) groups excluding carboxylic acids is 1. The molecule has 0 radical (unpaired) electrons. The van der Waals surface area contributed by atoms with Gasteiger partial charge in [0, 0.05) is 29.0 Å². The van der Waals surface area contributed by atoms with E-state index in [4.69, 9.17) is 11.6 Å². The summed E-state index contributed by atoms with van der Waals surface area (Å²) < 4.78 is 0.937. The minimum atomic E-state index is 0.0634. The number of benzene rings is 1. The number of rotatable bonds is 6. The Morgan fingerprint density at radius 2 is 2.06 bits per heavy atom. The standard InChI is InChI=1S/C14H19BrClNO/c1-3-4-6-17(7-5-16)14(18)12-8-11(2)9-13(15)10-12/h8-10H,3-7H2,1-2H3. The number of amides is 1. The second-order valence-electron chi connectivity index (χ2n) is 4.35. The number of carbonyl (C=O) groups is 1. The van der Waals surface area contributed by atoms with Crippen molar-refractivity contribution in [2.24, 2.45) is 0 Å². The first kappa shape index (κ1) is 15.5. The number of aryl methyl sites for hydroxylation is 1. The molecule has 18 heavy (non-hydrogen) atoms. The van der Waals surface area contributed by atoms with E-state index in [2.05, 4.69) is 22.9 Å². The lowest BCUT2D eigenvalue weighted by atomic mass is 10.1. The van der Waals surface area contributed by atoms with Gasteiger partial charge in [-0.2, -0.15) is 0 Å². The number of halogens is 2. The fraction of sp³-hybridized carbons (Fsp3) is 0.500. The molecule has 0 saturated carbocycles. The Hall–Kier alpha value is -0.540. The molecule has 1 amide bonds. The predicted octanol–water partition coefficient (Wildman–Crippen LogP) is 4.24. The van der Waals surface area contributed by atoms with Crippen LogP contribution in [0.5, 0.6) is 0 Å². The van der Waals surface area contributed by atoms with Crippen LogP contribution in [0, 0.1) is 6.92 Å². The summed E-state index contributed by atoms with van der Waals surface area (Å²) >= 11 is 9.19. The summed E-state index contributed by atoms with van der Waals surface area (Å²) in [5.74, 6) is 0.538. The normalized spacial score (nSPS) is 10.4. The van der Waals surface area contributed by atoms with Gasteiger partial charge in [0.05, 0.1) is 0 Å². The molecule has 0 aliphatic heterocycles. The molecule has 0 heterocycles. The summed E-state index contributed by atoms with van der Waals surface area (Å²) in [5, 5.41) is 0. The van der Waals surface area contributed by atoms with Crippen LogP contribution >= 0.6 is 27.5 Å². The minimum absolute atomic E-state index is 0.0634. The average Bonchev–Trinajstić information content (AvgIpc) is 2.32. The number of alkyl halides is 1. The largest absolute Gasteiger partial charge is 0.337 e. The van der Waals surface area contributed by atoms with E-state index >= 15 is 0 Å². The number of hydrogen-bond acceptors (Lipinski definition) is 1. The Morgan fingerprint density at radius 1 is 1.33 bits per heavy atom. The zero-order valence-electron chi connectivity index (χ0n) is 10.9. The molecule has 1 aromatic carbocycles. The molecule has 1 rings (SSSR count). The van der Waals surface area contributed by atoms with Crippen LogP contribution < -0.4 is 0 Å². The maximum absolute atomic E-state index is 12.4. The van der Waals surface area contributed by atoms with Gasteiger partial charge in [-0.3, -0.25) is 4.79 Å². The summed E-state index contributed by atoms with van der Waals surface area (Å²) in [4.78, 5) is 14.2. The van der Waals surface area contributed by atoms with E-state index in [-0.39, 0.29) is 5.91 Å². The third-order valence-electron chi connectivity index (χ3n) is 2.71. The van der Waals surface area contributed by atoms with Crippen molar-refractivity contribution in [3.63, 3.8) is 0 Å². The van der Waals surface area contributed by atoms with Crippen molar-refractivity contribution in [2.45, 2.75) is 26.7 Å². The molecule has 2 nitrogen and oxygen atoms in total. The minimum Gasteiger partial charge on any atom is -0.337 e. The van der Waals surface area contributed by atoms with Gasteiger partial charge < -0.3 is 4.90 Å². The molecule has 100 valence electrons. The lowest BCUT2D eigenvalue weighted by molar-refractivity contribution is 0.0763. The smallest absolute Gasteiger partial charge is 0.253 e. The number of unbranched alkanes of at least 4 members (excludes halogenated alkanes) is 1. The van der Waals surface area contributed by atoms with Gasteiger partial charge in [0.2, 0.25) is 0 Å². The van der Waals surface area contributed by atoms with Crippen LogP contribution in [0.2, 0.25) is 0 Å². The highest BCUT2D eigenvalue weighted by Crippen LogP contribution is 2.17. The van der Waals surface area contributed by atoms with E-state index in [1.807, 2.05) is 30.0 Å². The maximum Gasteiger partial charge on any atom is 0.253 e. The van der Waals surface area contributed by atoms with Gasteiger partial charge in [0.25, 0.3) is 5.91 Å². The first-order valence-electron chi connectivity index (χ1n) is 6.21. The van der Waals surface area contributed by atoms with Gasteiger partial charge in [-0.25, -0.2) is 0 Å². The molecule has 0 unspecified atom stereocenters. The van der Waals surface area contributed by atoms with E-state index in [9.17, 15) is 4.79 Å². The lowest BCUT2D eigenvalue weighted by Gasteiger charge is -2.21. The summed E-state index contributed by atoms with van der Waals surface area (Å²) in [6.07, 6.45) is 2.08. The van der Waals surface area contributed by atoms with Gasteiger partial charge in [-0.05, 0) is 37.1 Å². The molecule has 0 saturated heterocycles.